The molecule has 1 aliphatic heterocycles. The van der Waals surface area contributed by atoms with Crippen molar-refractivity contribution >= 4 is 33.8 Å². The van der Waals surface area contributed by atoms with Crippen molar-refractivity contribution in [3.63, 3.8) is 0 Å². The normalized spacial score (nSPS) is 20.3. The van der Waals surface area contributed by atoms with Gasteiger partial charge in [0, 0.05) is 36.1 Å². The Morgan fingerprint density at radius 1 is 1.28 bits per heavy atom. The Labute approximate surface area is 209 Å². The number of methoxy groups -OCH3 is 1. The topological polar surface area (TPSA) is 96.6 Å². The molecule has 2 fully saturated rings. The number of amides is 2. The number of nitrogens with one attached hydrogen (secondary N) is 2. The number of carbonyl (C=O) groups is 2. The van der Waals surface area contributed by atoms with Gasteiger partial charge < -0.3 is 24.7 Å². The summed E-state index contributed by atoms with van der Waals surface area (Å²) in [4.78, 5) is 36.0. The molecule has 2 aliphatic rings. The van der Waals surface area contributed by atoms with Crippen LogP contribution in [0.1, 0.15) is 30.7 Å². The Bertz CT molecular complexity index is 1390. The van der Waals surface area contributed by atoms with Crippen molar-refractivity contribution in [2.24, 2.45) is 11.8 Å². The lowest BCUT2D eigenvalue weighted by molar-refractivity contribution is -0.137. The molecule has 1 saturated carbocycles. The van der Waals surface area contributed by atoms with Crippen LogP contribution in [0.5, 0.6) is 0 Å². The summed E-state index contributed by atoms with van der Waals surface area (Å²) >= 11 is 0. The van der Waals surface area contributed by atoms with E-state index in [1.807, 2.05) is 30.3 Å². The minimum atomic E-state index is -0.729. The van der Waals surface area contributed by atoms with Crippen LogP contribution in [0, 0.1) is 36.5 Å². The first-order valence-corrected chi connectivity index (χ1v) is 12.1. The molecule has 2 unspecified atom stereocenters. The molecule has 2 amide bonds. The molecule has 184 valence electrons. The number of fused-ring (bicyclic) bond motifs is 3. The molecule has 2 heterocycles. The summed E-state index contributed by atoms with van der Waals surface area (Å²) < 4.78 is 10.3. The highest BCUT2D eigenvalue weighted by atomic mass is 16.5. The van der Waals surface area contributed by atoms with Crippen LogP contribution in [0.3, 0.4) is 0 Å². The maximum atomic E-state index is 13.9. The minimum absolute atomic E-state index is 0.0187. The number of hydrogen-bond donors (Lipinski definition) is 2. The van der Waals surface area contributed by atoms with Crippen LogP contribution in [-0.2, 0) is 20.8 Å². The van der Waals surface area contributed by atoms with Gasteiger partial charge in [-0.15, -0.1) is 18.8 Å². The maximum absolute atomic E-state index is 13.9. The number of imidazole rings is 1. The van der Waals surface area contributed by atoms with E-state index in [-0.39, 0.29) is 30.3 Å². The number of rotatable bonds is 6. The number of nitrogens with zero attached hydrogens (tertiary/aromatic N) is 2. The maximum Gasteiger partial charge on any atom is 0.407 e. The van der Waals surface area contributed by atoms with Crippen molar-refractivity contribution < 1.29 is 19.1 Å². The second kappa shape index (κ2) is 9.93. The van der Waals surface area contributed by atoms with Crippen LogP contribution in [0.2, 0.25) is 0 Å². The van der Waals surface area contributed by atoms with Crippen LogP contribution in [0.4, 0.5) is 4.79 Å². The van der Waals surface area contributed by atoms with Crippen molar-refractivity contribution in [3.8, 4) is 24.7 Å². The van der Waals surface area contributed by atoms with Crippen molar-refractivity contribution in [2.45, 2.75) is 37.9 Å². The summed E-state index contributed by atoms with van der Waals surface area (Å²) in [5.41, 5.74) is 2.49. The smallest absolute Gasteiger partial charge is 0.407 e. The first-order valence-electron chi connectivity index (χ1n) is 12.1. The molecule has 3 atom stereocenters. The number of hydrogen-bond acceptors (Lipinski definition) is 5. The van der Waals surface area contributed by atoms with Crippen LogP contribution >= 0.6 is 0 Å². The molecule has 1 saturated heterocycles. The van der Waals surface area contributed by atoms with Gasteiger partial charge >= 0.3 is 6.09 Å². The molecule has 0 spiro atoms. The molecule has 5 rings (SSSR count). The van der Waals surface area contributed by atoms with Gasteiger partial charge in [0.15, 0.2) is 0 Å². The van der Waals surface area contributed by atoms with Gasteiger partial charge in [-0.25, -0.2) is 9.78 Å². The number of carbonyl (C=O) groups excluding carboxylic acids is 2. The molecule has 8 nitrogen and oxygen atoms in total. The minimum Gasteiger partial charge on any atom is -0.453 e. The predicted octanol–water partition coefficient (Wildman–Crippen LogP) is 3.20. The summed E-state index contributed by atoms with van der Waals surface area (Å²) in [7, 11) is 1.29. The monoisotopic (exact) mass is 484 g/mol. The zero-order chi connectivity index (χ0) is 25.2. The fourth-order valence-electron chi connectivity index (χ4n) is 5.04. The lowest BCUT2D eigenvalue weighted by atomic mass is 9.90. The summed E-state index contributed by atoms with van der Waals surface area (Å²) in [6, 6.07) is 8.95. The first-order chi connectivity index (χ1) is 17.5. The van der Waals surface area contributed by atoms with E-state index in [1.165, 1.54) is 7.11 Å². The van der Waals surface area contributed by atoms with E-state index in [1.54, 1.807) is 4.90 Å². The fourth-order valence-corrected chi connectivity index (χ4v) is 5.04. The van der Waals surface area contributed by atoms with Gasteiger partial charge in [0.1, 0.15) is 11.9 Å². The second-order valence-electron chi connectivity index (χ2n) is 9.33. The number of aromatic amines is 1. The van der Waals surface area contributed by atoms with Crippen molar-refractivity contribution in [1.29, 1.82) is 0 Å². The number of terminal acetylenes is 2. The molecular weight excluding hydrogens is 456 g/mol. The van der Waals surface area contributed by atoms with Crippen LogP contribution in [0.15, 0.2) is 30.3 Å². The van der Waals surface area contributed by atoms with E-state index < -0.39 is 12.1 Å². The molecule has 0 bridgehead atoms. The third-order valence-corrected chi connectivity index (χ3v) is 7.12. The molecule has 8 heteroatoms. The molecule has 2 aromatic carbocycles. The van der Waals surface area contributed by atoms with Crippen molar-refractivity contribution in [2.75, 3.05) is 20.3 Å². The summed E-state index contributed by atoms with van der Waals surface area (Å²) in [5.74, 6) is 5.83. The van der Waals surface area contributed by atoms with Crippen LogP contribution < -0.4 is 5.32 Å². The molecule has 0 radical (unpaired) electrons. The number of benzene rings is 2. The molecular formula is C28H28N4O4. The highest BCUT2D eigenvalue weighted by Gasteiger charge is 2.46. The Morgan fingerprint density at radius 3 is 2.78 bits per heavy atom. The Morgan fingerprint density at radius 2 is 2.08 bits per heavy atom. The lowest BCUT2D eigenvalue weighted by Gasteiger charge is -2.33. The van der Waals surface area contributed by atoms with Gasteiger partial charge in [0.05, 0.1) is 24.7 Å². The SMILES string of the molecule is C#Cc1ccc2c(ccc3[nH]c(CN(C(=O)[C@@H](NC(=O)OC)C4CCOCC4)C4CC4C#C)nc32)c1. The summed E-state index contributed by atoms with van der Waals surface area (Å²) in [6.07, 6.45) is 12.7. The van der Waals surface area contributed by atoms with Crippen LogP contribution in [0.25, 0.3) is 21.8 Å². The number of H-pyrrole nitrogens is 1. The molecule has 1 aromatic heterocycles. The van der Waals surface area contributed by atoms with Gasteiger partial charge in [-0.2, -0.15) is 0 Å². The summed E-state index contributed by atoms with van der Waals surface area (Å²) in [6.45, 7) is 1.35. The Kier molecular flexibility index (Phi) is 6.54. The third kappa shape index (κ3) is 4.60. The Balaban J connectivity index is 1.47. The van der Waals surface area contributed by atoms with E-state index in [2.05, 4.69) is 22.1 Å². The zero-order valence-corrected chi connectivity index (χ0v) is 20.1. The van der Waals surface area contributed by atoms with Crippen LogP contribution in [-0.4, -0.2) is 59.3 Å². The van der Waals surface area contributed by atoms with E-state index >= 15 is 0 Å². The highest BCUT2D eigenvalue weighted by molar-refractivity contribution is 6.04. The largest absolute Gasteiger partial charge is 0.453 e. The Hall–Kier alpha value is -4.01. The van der Waals surface area contributed by atoms with Gasteiger partial charge in [-0.3, -0.25) is 4.79 Å². The molecule has 1 aliphatic carbocycles. The third-order valence-electron chi connectivity index (χ3n) is 7.12. The van der Waals surface area contributed by atoms with Crippen molar-refractivity contribution in [1.82, 2.24) is 20.2 Å². The summed E-state index contributed by atoms with van der Waals surface area (Å²) in [5, 5.41) is 4.75. The lowest BCUT2D eigenvalue weighted by Crippen LogP contribution is -2.54. The highest BCUT2D eigenvalue weighted by Crippen LogP contribution is 2.37. The zero-order valence-electron chi connectivity index (χ0n) is 20.1. The number of alkyl carbamates (subject to hydrolysis) is 1. The van der Waals surface area contributed by atoms with Gasteiger partial charge in [-0.05, 0) is 48.8 Å². The van der Waals surface area contributed by atoms with Gasteiger partial charge in [0.2, 0.25) is 5.91 Å². The predicted molar refractivity (Wildman–Crippen MR) is 136 cm³/mol. The van der Waals surface area contributed by atoms with E-state index in [0.29, 0.717) is 31.9 Å². The van der Waals surface area contributed by atoms with Gasteiger partial charge in [0.25, 0.3) is 0 Å². The van der Waals surface area contributed by atoms with E-state index in [4.69, 9.17) is 27.3 Å². The molecule has 2 N–H and O–H groups in total. The average molecular weight is 485 g/mol. The van der Waals surface area contributed by atoms with Gasteiger partial charge in [-0.1, -0.05) is 18.1 Å². The number of aromatic nitrogens is 2. The number of ether oxygens (including phenoxy) is 2. The van der Waals surface area contributed by atoms with E-state index in [9.17, 15) is 9.59 Å². The second-order valence-corrected chi connectivity index (χ2v) is 9.33. The van der Waals surface area contributed by atoms with E-state index in [0.717, 1.165) is 33.8 Å². The first kappa shape index (κ1) is 23.7. The quantitative estimate of drug-likeness (QED) is 0.524. The van der Waals surface area contributed by atoms with Crippen molar-refractivity contribution in [3.05, 3.63) is 41.7 Å². The molecule has 36 heavy (non-hydrogen) atoms. The average Bonchev–Trinajstić information content (AvgIpc) is 3.59. The molecule has 3 aromatic rings. The fraction of sp³-hybridized carbons (Fsp3) is 0.393. The standard InChI is InChI=1S/C28H28N4O4/c1-4-17-6-8-21-20(14-17)7-9-22-26(21)30-24(29-22)16-32(23-15-18(23)5-2)27(33)25(31-28(34)35-3)19-10-12-36-13-11-19/h1-2,6-9,14,18-19,23,25H,10-13,15-16H2,3H3,(H,29,30)(H,31,34)/t18?,23?,25-/m0/s1.